The first-order chi connectivity index (χ1) is 6.51. The molecule has 0 aromatic rings. The maximum atomic E-state index is 13.3. The minimum absolute atomic E-state index is 0.166. The highest BCUT2D eigenvalue weighted by molar-refractivity contribution is 5.17. The zero-order valence-corrected chi connectivity index (χ0v) is 8.36. The van der Waals surface area contributed by atoms with Gasteiger partial charge in [0.2, 0.25) is 0 Å². The van der Waals surface area contributed by atoms with Crippen molar-refractivity contribution in [2.24, 2.45) is 17.3 Å². The zero-order valence-electron chi connectivity index (χ0n) is 8.36. The summed E-state index contributed by atoms with van der Waals surface area (Å²) in [6.45, 7) is 4.01. The van der Waals surface area contributed by atoms with E-state index in [0.717, 1.165) is 25.7 Å². The van der Waals surface area contributed by atoms with Crippen LogP contribution in [0.4, 0.5) is 8.78 Å². The van der Waals surface area contributed by atoms with Crippen LogP contribution in [0.25, 0.3) is 0 Å². The summed E-state index contributed by atoms with van der Waals surface area (Å²) in [6.07, 6.45) is 4.88. The number of rotatable bonds is 0. The minimum Gasteiger partial charge on any atom is -0.206 e. The lowest BCUT2D eigenvalue weighted by atomic mass is 9.65. The molecule has 14 heavy (non-hydrogen) atoms. The second-order valence-corrected chi connectivity index (χ2v) is 5.70. The van der Waals surface area contributed by atoms with Crippen LogP contribution in [0.1, 0.15) is 38.5 Å². The third kappa shape index (κ3) is 1.09. The quantitative estimate of drug-likeness (QED) is 0.520. The molecule has 0 nitrogen and oxygen atoms in total. The van der Waals surface area contributed by atoms with Gasteiger partial charge < -0.3 is 0 Å². The SMILES string of the molecule is C=C1CC2CC(C1)CC1(C2)CC1(F)F. The van der Waals surface area contributed by atoms with Gasteiger partial charge in [0.05, 0.1) is 0 Å². The molecular formula is C12H16F2. The maximum absolute atomic E-state index is 13.3. The van der Waals surface area contributed by atoms with Gasteiger partial charge in [0.15, 0.2) is 0 Å². The molecule has 0 aromatic heterocycles. The van der Waals surface area contributed by atoms with Gasteiger partial charge in [-0.25, -0.2) is 8.78 Å². The van der Waals surface area contributed by atoms with Crippen LogP contribution in [0, 0.1) is 17.3 Å². The minimum atomic E-state index is -2.33. The Hall–Kier alpha value is -0.400. The topological polar surface area (TPSA) is 0 Å². The van der Waals surface area contributed by atoms with Gasteiger partial charge in [-0.1, -0.05) is 12.2 Å². The van der Waals surface area contributed by atoms with Crippen molar-refractivity contribution in [1.82, 2.24) is 0 Å². The molecule has 0 aliphatic heterocycles. The van der Waals surface area contributed by atoms with Crippen LogP contribution in [-0.2, 0) is 0 Å². The van der Waals surface area contributed by atoms with E-state index >= 15 is 0 Å². The molecule has 3 rings (SSSR count). The van der Waals surface area contributed by atoms with E-state index in [0.29, 0.717) is 11.8 Å². The molecule has 0 heterocycles. The molecule has 78 valence electrons. The van der Waals surface area contributed by atoms with Crippen LogP contribution >= 0.6 is 0 Å². The molecule has 2 heteroatoms. The van der Waals surface area contributed by atoms with E-state index in [1.807, 2.05) is 0 Å². The van der Waals surface area contributed by atoms with Crippen molar-refractivity contribution in [3.05, 3.63) is 12.2 Å². The number of fused-ring (bicyclic) bond motifs is 2. The van der Waals surface area contributed by atoms with E-state index in [2.05, 4.69) is 6.58 Å². The fourth-order valence-electron chi connectivity index (χ4n) is 3.86. The Kier molecular flexibility index (Phi) is 1.52. The van der Waals surface area contributed by atoms with Crippen molar-refractivity contribution < 1.29 is 8.78 Å². The molecule has 3 fully saturated rings. The maximum Gasteiger partial charge on any atom is 0.254 e. The highest BCUT2D eigenvalue weighted by atomic mass is 19.3. The van der Waals surface area contributed by atoms with E-state index < -0.39 is 11.3 Å². The van der Waals surface area contributed by atoms with Crippen molar-refractivity contribution >= 4 is 0 Å². The van der Waals surface area contributed by atoms with Gasteiger partial charge in [0.1, 0.15) is 0 Å². The van der Waals surface area contributed by atoms with Gasteiger partial charge >= 0.3 is 0 Å². The van der Waals surface area contributed by atoms with Gasteiger partial charge in [-0.05, 0) is 43.9 Å². The van der Waals surface area contributed by atoms with E-state index in [4.69, 9.17) is 0 Å². The van der Waals surface area contributed by atoms with Crippen molar-refractivity contribution in [3.63, 3.8) is 0 Å². The smallest absolute Gasteiger partial charge is 0.206 e. The predicted octanol–water partition coefficient (Wildman–Crippen LogP) is 3.78. The molecule has 0 amide bonds. The van der Waals surface area contributed by atoms with Crippen LogP contribution < -0.4 is 0 Å². The Labute approximate surface area is 83.4 Å². The summed E-state index contributed by atoms with van der Waals surface area (Å²) in [5.41, 5.74) is 0.728. The van der Waals surface area contributed by atoms with Crippen LogP contribution in [0.15, 0.2) is 12.2 Å². The van der Waals surface area contributed by atoms with Crippen LogP contribution in [0.2, 0.25) is 0 Å². The van der Waals surface area contributed by atoms with E-state index in [1.54, 1.807) is 0 Å². The summed E-state index contributed by atoms with van der Waals surface area (Å²) in [6, 6.07) is 0. The van der Waals surface area contributed by atoms with Crippen LogP contribution in [0.5, 0.6) is 0 Å². The Morgan fingerprint density at radius 2 is 1.64 bits per heavy atom. The van der Waals surface area contributed by atoms with Gasteiger partial charge in [-0.3, -0.25) is 0 Å². The first kappa shape index (κ1) is 8.87. The first-order valence-corrected chi connectivity index (χ1v) is 5.55. The zero-order chi connectivity index (χ0) is 9.97. The summed E-state index contributed by atoms with van der Waals surface area (Å²) < 4.78 is 26.5. The fraction of sp³-hybridized carbons (Fsp3) is 0.833. The number of hydrogen-bond donors (Lipinski definition) is 0. The lowest BCUT2D eigenvalue weighted by molar-refractivity contribution is 0.0163. The molecule has 3 aliphatic rings. The standard InChI is InChI=1S/C12H16F2/c1-8-2-9-4-10(3-8)6-11(5-9)7-12(11,13)14/h9-10H,1-7H2. The van der Waals surface area contributed by atoms with Gasteiger partial charge in [0.25, 0.3) is 5.92 Å². The second kappa shape index (κ2) is 2.40. The summed E-state index contributed by atoms with van der Waals surface area (Å²) in [7, 11) is 0. The van der Waals surface area contributed by atoms with Crippen molar-refractivity contribution in [3.8, 4) is 0 Å². The monoisotopic (exact) mass is 198 g/mol. The third-order valence-corrected chi connectivity index (χ3v) is 4.39. The van der Waals surface area contributed by atoms with E-state index in [1.165, 1.54) is 12.0 Å². The van der Waals surface area contributed by atoms with Gasteiger partial charge in [-0.15, -0.1) is 0 Å². The molecule has 0 aromatic carbocycles. The number of halogens is 2. The lowest BCUT2D eigenvalue weighted by Gasteiger charge is -2.40. The van der Waals surface area contributed by atoms with Crippen LogP contribution in [-0.4, -0.2) is 5.92 Å². The van der Waals surface area contributed by atoms with Crippen molar-refractivity contribution in [2.45, 2.75) is 44.4 Å². The molecule has 2 unspecified atom stereocenters. The largest absolute Gasteiger partial charge is 0.254 e. The average molecular weight is 198 g/mol. The molecule has 0 N–H and O–H groups in total. The Morgan fingerprint density at radius 3 is 2.07 bits per heavy atom. The number of hydrogen-bond acceptors (Lipinski definition) is 0. The van der Waals surface area contributed by atoms with Crippen molar-refractivity contribution in [1.29, 1.82) is 0 Å². The molecule has 3 saturated carbocycles. The summed E-state index contributed by atoms with van der Waals surface area (Å²) in [5.74, 6) is -1.30. The van der Waals surface area contributed by atoms with E-state index in [9.17, 15) is 8.78 Å². The first-order valence-electron chi connectivity index (χ1n) is 5.55. The molecule has 0 radical (unpaired) electrons. The number of allylic oxidation sites excluding steroid dienone is 1. The summed E-state index contributed by atoms with van der Waals surface area (Å²) in [4.78, 5) is 0. The second-order valence-electron chi connectivity index (χ2n) is 5.70. The molecule has 0 saturated heterocycles. The highest BCUT2D eigenvalue weighted by Gasteiger charge is 2.72. The highest BCUT2D eigenvalue weighted by Crippen LogP contribution is 2.70. The van der Waals surface area contributed by atoms with Gasteiger partial charge in [-0.2, -0.15) is 0 Å². The average Bonchev–Trinajstić information content (AvgIpc) is 2.47. The molecule has 1 spiro atoms. The van der Waals surface area contributed by atoms with Crippen LogP contribution in [0.3, 0.4) is 0 Å². The molecule has 2 atom stereocenters. The Morgan fingerprint density at radius 1 is 1.14 bits per heavy atom. The molecule has 3 aliphatic carbocycles. The molecule has 2 bridgehead atoms. The Bertz CT molecular complexity index is 277. The lowest BCUT2D eigenvalue weighted by Crippen LogP contribution is -2.31. The molecular weight excluding hydrogens is 182 g/mol. The Balaban J connectivity index is 1.81. The summed E-state index contributed by atoms with van der Waals surface area (Å²) >= 11 is 0. The predicted molar refractivity (Wildman–Crippen MR) is 51.2 cm³/mol. The number of alkyl halides is 2. The summed E-state index contributed by atoms with van der Waals surface area (Å²) in [5, 5.41) is 0. The fourth-order valence-corrected chi connectivity index (χ4v) is 3.86. The van der Waals surface area contributed by atoms with E-state index in [-0.39, 0.29) is 6.42 Å². The van der Waals surface area contributed by atoms with Crippen molar-refractivity contribution in [2.75, 3.05) is 0 Å². The third-order valence-electron chi connectivity index (χ3n) is 4.39. The van der Waals surface area contributed by atoms with Gasteiger partial charge in [0, 0.05) is 11.8 Å². The normalized spacial score (nSPS) is 49.4.